The van der Waals surface area contributed by atoms with Crippen molar-refractivity contribution < 1.29 is 9.90 Å². The molecule has 1 atom stereocenters. The van der Waals surface area contributed by atoms with Crippen LogP contribution in [0.5, 0.6) is 5.75 Å². The van der Waals surface area contributed by atoms with Gasteiger partial charge in [0.2, 0.25) is 0 Å². The predicted molar refractivity (Wildman–Crippen MR) is 118 cm³/mol. The summed E-state index contributed by atoms with van der Waals surface area (Å²) in [7, 11) is 0. The van der Waals surface area contributed by atoms with E-state index in [4.69, 9.17) is 0 Å². The SMILES string of the molecule is CC(C)N(CC[C@H](c1ccccc1)c1cc(C=O)ccc1O)C(C)C.Cl.Cl. The number of benzene rings is 2. The van der Waals surface area contributed by atoms with Gasteiger partial charge < -0.3 is 5.11 Å². The molecule has 0 saturated heterocycles. The highest BCUT2D eigenvalue weighted by molar-refractivity contribution is 5.85. The molecular weight excluding hydrogens is 381 g/mol. The fourth-order valence-electron chi connectivity index (χ4n) is 3.50. The van der Waals surface area contributed by atoms with Crippen molar-refractivity contribution in [2.24, 2.45) is 0 Å². The first kappa shape index (κ1) is 25.4. The van der Waals surface area contributed by atoms with Gasteiger partial charge in [-0.3, -0.25) is 9.69 Å². The Morgan fingerprint density at radius 2 is 1.56 bits per heavy atom. The van der Waals surface area contributed by atoms with E-state index in [2.05, 4.69) is 44.7 Å². The van der Waals surface area contributed by atoms with Crippen LogP contribution in [0, 0.1) is 0 Å². The standard InChI is InChI=1S/C22H29NO2.2ClH/c1-16(2)23(17(3)4)13-12-20(19-8-6-5-7-9-19)21-14-18(15-24)10-11-22(21)25;;/h5-11,14-17,20,25H,12-13H2,1-4H3;2*1H/t20-;;/m1../s1. The van der Waals surface area contributed by atoms with E-state index >= 15 is 0 Å². The molecule has 0 aliphatic rings. The molecule has 0 aliphatic carbocycles. The fraction of sp³-hybridized carbons (Fsp3) is 0.409. The van der Waals surface area contributed by atoms with Gasteiger partial charge in [0.05, 0.1) is 0 Å². The lowest BCUT2D eigenvalue weighted by molar-refractivity contribution is 0.112. The van der Waals surface area contributed by atoms with Crippen LogP contribution in [-0.4, -0.2) is 34.9 Å². The third-order valence-corrected chi connectivity index (χ3v) is 4.77. The molecule has 0 spiro atoms. The maximum Gasteiger partial charge on any atom is 0.150 e. The molecule has 3 nitrogen and oxygen atoms in total. The van der Waals surface area contributed by atoms with Crippen LogP contribution in [-0.2, 0) is 0 Å². The molecule has 0 bridgehead atoms. The molecule has 0 amide bonds. The summed E-state index contributed by atoms with van der Waals surface area (Å²) in [5, 5.41) is 10.4. The van der Waals surface area contributed by atoms with Crippen LogP contribution in [0.15, 0.2) is 48.5 Å². The number of aromatic hydroxyl groups is 1. The summed E-state index contributed by atoms with van der Waals surface area (Å²) >= 11 is 0. The van der Waals surface area contributed by atoms with Crippen molar-refractivity contribution in [2.75, 3.05) is 6.54 Å². The molecular formula is C22H31Cl2NO2. The molecule has 0 fully saturated rings. The summed E-state index contributed by atoms with van der Waals surface area (Å²) in [5.41, 5.74) is 2.58. The van der Waals surface area contributed by atoms with Crippen LogP contribution < -0.4 is 0 Å². The third kappa shape index (κ3) is 6.84. The lowest BCUT2D eigenvalue weighted by atomic mass is 9.86. The first-order valence-electron chi connectivity index (χ1n) is 9.02. The summed E-state index contributed by atoms with van der Waals surface area (Å²) in [6.07, 6.45) is 1.72. The molecule has 0 heterocycles. The Kier molecular flexibility index (Phi) is 11.3. The summed E-state index contributed by atoms with van der Waals surface area (Å²) < 4.78 is 0. The summed E-state index contributed by atoms with van der Waals surface area (Å²) in [6.45, 7) is 9.77. The van der Waals surface area contributed by atoms with Gasteiger partial charge in [0.15, 0.2) is 0 Å². The van der Waals surface area contributed by atoms with Gasteiger partial charge in [-0.05, 0) is 64.4 Å². The molecule has 0 radical (unpaired) electrons. The van der Waals surface area contributed by atoms with Crippen molar-refractivity contribution in [1.82, 2.24) is 4.90 Å². The molecule has 2 rings (SSSR count). The minimum atomic E-state index is 0. The van der Waals surface area contributed by atoms with Gasteiger partial charge in [-0.15, -0.1) is 24.8 Å². The monoisotopic (exact) mass is 411 g/mol. The van der Waals surface area contributed by atoms with E-state index in [9.17, 15) is 9.90 Å². The minimum absolute atomic E-state index is 0. The van der Waals surface area contributed by atoms with Crippen molar-refractivity contribution in [3.05, 3.63) is 65.2 Å². The average Bonchev–Trinajstić information content (AvgIpc) is 2.59. The molecule has 0 aliphatic heterocycles. The number of hydrogen-bond acceptors (Lipinski definition) is 3. The van der Waals surface area contributed by atoms with Gasteiger partial charge in [0, 0.05) is 29.1 Å². The van der Waals surface area contributed by atoms with Gasteiger partial charge in [-0.1, -0.05) is 30.3 Å². The molecule has 0 saturated carbocycles. The summed E-state index contributed by atoms with van der Waals surface area (Å²) in [4.78, 5) is 13.6. The number of aldehydes is 1. The number of carbonyl (C=O) groups excluding carboxylic acids is 1. The van der Waals surface area contributed by atoms with Gasteiger partial charge >= 0.3 is 0 Å². The van der Waals surface area contributed by atoms with Crippen LogP contribution in [0.4, 0.5) is 0 Å². The average molecular weight is 412 g/mol. The summed E-state index contributed by atoms with van der Waals surface area (Å²) in [5.74, 6) is 0.307. The fourth-order valence-corrected chi connectivity index (χ4v) is 3.50. The molecule has 2 aromatic carbocycles. The van der Waals surface area contributed by atoms with Crippen LogP contribution in [0.3, 0.4) is 0 Å². The predicted octanol–water partition coefficient (Wildman–Crippen LogP) is 5.69. The van der Waals surface area contributed by atoms with Crippen LogP contribution in [0.2, 0.25) is 0 Å². The minimum Gasteiger partial charge on any atom is -0.508 e. The van der Waals surface area contributed by atoms with E-state index in [1.54, 1.807) is 12.1 Å². The first-order valence-corrected chi connectivity index (χ1v) is 9.02. The number of phenolic OH excluding ortho intramolecular Hbond substituents is 1. The second-order valence-electron chi connectivity index (χ2n) is 7.11. The smallest absolute Gasteiger partial charge is 0.150 e. The molecule has 0 unspecified atom stereocenters. The maximum atomic E-state index is 11.2. The van der Waals surface area contributed by atoms with Gasteiger partial charge in [0.1, 0.15) is 12.0 Å². The zero-order valence-corrected chi connectivity index (χ0v) is 18.1. The second-order valence-corrected chi connectivity index (χ2v) is 7.11. The van der Waals surface area contributed by atoms with Crippen molar-refractivity contribution >= 4 is 31.1 Å². The number of hydrogen-bond donors (Lipinski definition) is 1. The Bertz CT molecular complexity index is 682. The zero-order valence-electron chi connectivity index (χ0n) is 16.5. The number of halogens is 2. The van der Waals surface area contributed by atoms with Crippen LogP contribution in [0.1, 0.15) is 61.5 Å². The van der Waals surface area contributed by atoms with Crippen molar-refractivity contribution in [1.29, 1.82) is 0 Å². The Morgan fingerprint density at radius 3 is 2.07 bits per heavy atom. The second kappa shape index (κ2) is 12.0. The van der Waals surface area contributed by atoms with Crippen molar-refractivity contribution in [2.45, 2.75) is 52.1 Å². The highest BCUT2D eigenvalue weighted by Gasteiger charge is 2.21. The van der Waals surface area contributed by atoms with Gasteiger partial charge in [-0.25, -0.2) is 0 Å². The highest BCUT2D eigenvalue weighted by atomic mass is 35.5. The molecule has 2 aromatic rings. The van der Waals surface area contributed by atoms with E-state index in [0.717, 1.165) is 30.4 Å². The van der Waals surface area contributed by atoms with E-state index in [0.29, 0.717) is 17.6 Å². The lowest BCUT2D eigenvalue weighted by Gasteiger charge is -2.32. The Labute approximate surface area is 175 Å². The van der Waals surface area contributed by atoms with E-state index < -0.39 is 0 Å². The normalized spacial score (nSPS) is 11.8. The van der Waals surface area contributed by atoms with E-state index in [1.807, 2.05) is 24.3 Å². The van der Waals surface area contributed by atoms with Crippen LogP contribution >= 0.6 is 24.8 Å². The molecule has 27 heavy (non-hydrogen) atoms. The maximum absolute atomic E-state index is 11.2. The Morgan fingerprint density at radius 1 is 0.963 bits per heavy atom. The number of phenols is 1. The number of carbonyl (C=O) groups is 1. The zero-order chi connectivity index (χ0) is 18.4. The molecule has 5 heteroatoms. The molecule has 1 N–H and O–H groups in total. The number of rotatable bonds is 8. The van der Waals surface area contributed by atoms with Crippen molar-refractivity contribution in [3.8, 4) is 5.75 Å². The van der Waals surface area contributed by atoms with E-state index in [1.165, 1.54) is 0 Å². The number of nitrogens with zero attached hydrogens (tertiary/aromatic N) is 1. The first-order chi connectivity index (χ1) is 11.9. The highest BCUT2D eigenvalue weighted by Crippen LogP contribution is 2.34. The van der Waals surface area contributed by atoms with Crippen LogP contribution in [0.25, 0.3) is 0 Å². The van der Waals surface area contributed by atoms with E-state index in [-0.39, 0.29) is 36.5 Å². The Hall–Kier alpha value is -1.55. The molecule has 0 aromatic heterocycles. The van der Waals surface area contributed by atoms with Gasteiger partial charge in [-0.2, -0.15) is 0 Å². The quantitative estimate of drug-likeness (QED) is 0.567. The van der Waals surface area contributed by atoms with Crippen molar-refractivity contribution in [3.63, 3.8) is 0 Å². The lowest BCUT2D eigenvalue weighted by Crippen LogP contribution is -2.38. The Balaban J connectivity index is 0.00000338. The largest absolute Gasteiger partial charge is 0.508 e. The summed E-state index contributed by atoms with van der Waals surface area (Å²) in [6, 6.07) is 16.2. The molecule has 150 valence electrons. The topological polar surface area (TPSA) is 40.5 Å². The third-order valence-electron chi connectivity index (χ3n) is 4.77. The van der Waals surface area contributed by atoms with Gasteiger partial charge in [0.25, 0.3) is 0 Å².